The van der Waals surface area contributed by atoms with Crippen LogP contribution in [0.25, 0.3) is 10.6 Å². The molecule has 0 bridgehead atoms. The molecule has 2 aromatic rings. The van der Waals surface area contributed by atoms with Gasteiger partial charge in [0.1, 0.15) is 5.01 Å². The minimum atomic E-state index is -0.488. The average Bonchev–Trinajstić information content (AvgIpc) is 2.74. The Morgan fingerprint density at radius 2 is 2.06 bits per heavy atom. The summed E-state index contributed by atoms with van der Waals surface area (Å²) in [6, 6.07) is 4.39. The summed E-state index contributed by atoms with van der Waals surface area (Å²) in [5.41, 5.74) is 0.901. The fraction of sp³-hybridized carbons (Fsp3) is 0.167. The number of aromatic hydroxyl groups is 2. The summed E-state index contributed by atoms with van der Waals surface area (Å²) >= 11 is 1.32. The molecule has 0 atom stereocenters. The van der Waals surface area contributed by atoms with E-state index < -0.39 is 5.97 Å². The van der Waals surface area contributed by atoms with E-state index in [1.807, 2.05) is 0 Å². The third-order valence-corrected chi connectivity index (χ3v) is 3.42. The van der Waals surface area contributed by atoms with Crippen molar-refractivity contribution in [2.45, 2.75) is 6.92 Å². The number of aryl methyl sites for hydroxylation is 1. The van der Waals surface area contributed by atoms with E-state index in [4.69, 9.17) is 0 Å². The Balaban J connectivity index is 2.45. The number of hydrogen-bond donors (Lipinski definition) is 2. The zero-order valence-corrected chi connectivity index (χ0v) is 10.6. The topological polar surface area (TPSA) is 79.7 Å². The lowest BCUT2D eigenvalue weighted by atomic mass is 10.2. The molecule has 0 saturated heterocycles. The van der Waals surface area contributed by atoms with Crippen molar-refractivity contribution in [3.63, 3.8) is 0 Å². The van der Waals surface area contributed by atoms with E-state index in [0.717, 1.165) is 4.88 Å². The summed E-state index contributed by atoms with van der Waals surface area (Å²) < 4.78 is 4.62. The van der Waals surface area contributed by atoms with Gasteiger partial charge in [0.2, 0.25) is 0 Å². The Kier molecular flexibility index (Phi) is 3.20. The molecule has 0 saturated carbocycles. The lowest BCUT2D eigenvalue weighted by Gasteiger charge is -1.99. The number of rotatable bonds is 2. The highest BCUT2D eigenvalue weighted by Gasteiger charge is 2.17. The van der Waals surface area contributed by atoms with Gasteiger partial charge >= 0.3 is 5.97 Å². The highest BCUT2D eigenvalue weighted by Crippen LogP contribution is 2.33. The van der Waals surface area contributed by atoms with Crippen molar-refractivity contribution in [3.05, 3.63) is 28.8 Å². The minimum absolute atomic E-state index is 0.194. The second kappa shape index (κ2) is 4.66. The van der Waals surface area contributed by atoms with Crippen molar-refractivity contribution in [1.82, 2.24) is 4.98 Å². The monoisotopic (exact) mass is 265 g/mol. The van der Waals surface area contributed by atoms with Crippen LogP contribution < -0.4 is 0 Å². The molecule has 0 unspecified atom stereocenters. The molecule has 0 aliphatic heterocycles. The number of hydrogen-bond acceptors (Lipinski definition) is 6. The van der Waals surface area contributed by atoms with Gasteiger partial charge in [0, 0.05) is 10.4 Å². The molecule has 18 heavy (non-hydrogen) atoms. The predicted molar refractivity (Wildman–Crippen MR) is 67.0 cm³/mol. The maximum atomic E-state index is 11.4. The van der Waals surface area contributed by atoms with Gasteiger partial charge in [0.15, 0.2) is 17.2 Å². The van der Waals surface area contributed by atoms with Gasteiger partial charge in [-0.25, -0.2) is 9.78 Å². The summed E-state index contributed by atoms with van der Waals surface area (Å²) in [5.74, 6) is -0.904. The summed E-state index contributed by atoms with van der Waals surface area (Å²) in [6.45, 7) is 1.77. The number of aromatic nitrogens is 1. The minimum Gasteiger partial charge on any atom is -0.504 e. The molecule has 0 radical (unpaired) electrons. The van der Waals surface area contributed by atoms with Crippen molar-refractivity contribution >= 4 is 17.3 Å². The number of phenols is 2. The first-order chi connectivity index (χ1) is 8.52. The Hall–Kier alpha value is -2.08. The van der Waals surface area contributed by atoms with Crippen LogP contribution in [0.2, 0.25) is 0 Å². The summed E-state index contributed by atoms with van der Waals surface area (Å²) in [7, 11) is 1.30. The summed E-state index contributed by atoms with van der Waals surface area (Å²) in [5, 5.41) is 19.2. The van der Waals surface area contributed by atoms with Crippen LogP contribution in [0.3, 0.4) is 0 Å². The van der Waals surface area contributed by atoms with Crippen LogP contribution in [0.4, 0.5) is 0 Å². The van der Waals surface area contributed by atoms with E-state index in [-0.39, 0.29) is 17.2 Å². The van der Waals surface area contributed by atoms with E-state index in [9.17, 15) is 15.0 Å². The molecule has 0 fully saturated rings. The van der Waals surface area contributed by atoms with Crippen LogP contribution >= 0.6 is 11.3 Å². The van der Waals surface area contributed by atoms with Gasteiger partial charge in [-0.3, -0.25) is 0 Å². The number of benzene rings is 1. The molecule has 1 aromatic carbocycles. The fourth-order valence-corrected chi connectivity index (χ4v) is 2.36. The molecule has 1 aromatic heterocycles. The summed E-state index contributed by atoms with van der Waals surface area (Å²) in [4.78, 5) is 16.3. The maximum absolute atomic E-state index is 11.4. The van der Waals surface area contributed by atoms with Gasteiger partial charge in [-0.15, -0.1) is 11.3 Å². The molecular formula is C12H11NO4S. The molecule has 2 N–H and O–H groups in total. The number of carbonyl (C=O) groups is 1. The van der Waals surface area contributed by atoms with Gasteiger partial charge in [0.25, 0.3) is 0 Å². The lowest BCUT2D eigenvalue weighted by molar-refractivity contribution is 0.0594. The Morgan fingerprint density at radius 3 is 2.67 bits per heavy atom. The summed E-state index contributed by atoms with van der Waals surface area (Å²) in [6.07, 6.45) is 0. The predicted octanol–water partition coefficient (Wildman–Crippen LogP) is 2.32. The third-order valence-electron chi connectivity index (χ3n) is 2.40. The molecule has 5 nitrogen and oxygen atoms in total. The molecule has 6 heteroatoms. The van der Waals surface area contributed by atoms with E-state index >= 15 is 0 Å². The van der Waals surface area contributed by atoms with Crippen LogP contribution in [0.15, 0.2) is 18.2 Å². The normalized spacial score (nSPS) is 10.3. The smallest absolute Gasteiger partial charge is 0.357 e. The first-order valence-electron chi connectivity index (χ1n) is 5.11. The number of nitrogens with zero attached hydrogens (tertiary/aromatic N) is 1. The zero-order valence-electron chi connectivity index (χ0n) is 9.80. The van der Waals surface area contributed by atoms with Crippen LogP contribution in [-0.2, 0) is 4.74 Å². The highest BCUT2D eigenvalue weighted by atomic mass is 32.1. The first kappa shape index (κ1) is 12.4. The standard InChI is InChI=1S/C12H11NO4S/c1-6-10(12(16)17-2)13-11(18-6)7-3-4-8(14)9(15)5-7/h3-5,14-15H,1-2H3. The largest absolute Gasteiger partial charge is 0.504 e. The van der Waals surface area contributed by atoms with Crippen molar-refractivity contribution in [3.8, 4) is 22.1 Å². The van der Waals surface area contributed by atoms with Gasteiger partial charge in [-0.2, -0.15) is 0 Å². The highest BCUT2D eigenvalue weighted by molar-refractivity contribution is 7.15. The lowest BCUT2D eigenvalue weighted by Crippen LogP contribution is -2.03. The molecule has 94 valence electrons. The number of thiazole rings is 1. The second-order valence-electron chi connectivity index (χ2n) is 3.62. The Labute approximate surface area is 107 Å². The van der Waals surface area contributed by atoms with Crippen LogP contribution in [0.5, 0.6) is 11.5 Å². The molecule has 0 aliphatic carbocycles. The SMILES string of the molecule is COC(=O)c1nc(-c2ccc(O)c(O)c2)sc1C. The van der Waals surface area contributed by atoms with E-state index in [1.165, 1.54) is 30.6 Å². The zero-order chi connectivity index (χ0) is 13.3. The average molecular weight is 265 g/mol. The van der Waals surface area contributed by atoms with Gasteiger partial charge in [-0.05, 0) is 25.1 Å². The quantitative estimate of drug-likeness (QED) is 0.643. The fourth-order valence-electron chi connectivity index (χ4n) is 1.46. The third kappa shape index (κ3) is 2.14. The molecule has 0 aliphatic rings. The van der Waals surface area contributed by atoms with E-state index in [1.54, 1.807) is 13.0 Å². The maximum Gasteiger partial charge on any atom is 0.357 e. The molecule has 2 rings (SSSR count). The Morgan fingerprint density at radius 1 is 1.33 bits per heavy atom. The van der Waals surface area contributed by atoms with Crippen molar-refractivity contribution in [2.24, 2.45) is 0 Å². The number of carbonyl (C=O) groups excluding carboxylic acids is 1. The number of ether oxygens (including phenoxy) is 1. The second-order valence-corrected chi connectivity index (χ2v) is 4.82. The van der Waals surface area contributed by atoms with Gasteiger partial charge in [-0.1, -0.05) is 0 Å². The molecule has 1 heterocycles. The van der Waals surface area contributed by atoms with Crippen LogP contribution in [-0.4, -0.2) is 28.3 Å². The Bertz CT molecular complexity index is 606. The number of phenolic OH excluding ortho intramolecular Hbond substituents is 2. The molecule has 0 spiro atoms. The number of esters is 1. The van der Waals surface area contributed by atoms with Gasteiger partial charge < -0.3 is 14.9 Å². The molecule has 0 amide bonds. The van der Waals surface area contributed by atoms with Crippen LogP contribution in [0, 0.1) is 6.92 Å². The van der Waals surface area contributed by atoms with E-state index in [2.05, 4.69) is 9.72 Å². The van der Waals surface area contributed by atoms with Gasteiger partial charge in [0.05, 0.1) is 7.11 Å². The van der Waals surface area contributed by atoms with Crippen molar-refractivity contribution in [1.29, 1.82) is 0 Å². The van der Waals surface area contributed by atoms with E-state index in [0.29, 0.717) is 10.6 Å². The molecular weight excluding hydrogens is 254 g/mol. The first-order valence-corrected chi connectivity index (χ1v) is 5.92. The van der Waals surface area contributed by atoms with Crippen LogP contribution in [0.1, 0.15) is 15.4 Å². The van der Waals surface area contributed by atoms with Crippen molar-refractivity contribution in [2.75, 3.05) is 7.11 Å². The van der Waals surface area contributed by atoms with Crippen molar-refractivity contribution < 1.29 is 19.7 Å². The number of methoxy groups -OCH3 is 1.